The quantitative estimate of drug-likeness (QED) is 0.490. The highest BCUT2D eigenvalue weighted by Gasteiger charge is 2.23. The van der Waals surface area contributed by atoms with Gasteiger partial charge in [-0.3, -0.25) is 9.59 Å². The smallest absolute Gasteiger partial charge is 0.258 e. The minimum Gasteiger partial charge on any atom is -0.333 e. The number of hydrogen-bond acceptors (Lipinski definition) is 4. The lowest BCUT2D eigenvalue weighted by molar-refractivity contribution is -0.133. The fourth-order valence-corrected chi connectivity index (χ4v) is 3.61. The number of nitrogens with two attached hydrogens (primary N) is 1. The molecule has 0 saturated carbocycles. The molecule has 0 radical (unpaired) electrons. The van der Waals surface area contributed by atoms with Crippen LogP contribution in [0.15, 0.2) is 29.1 Å². The average Bonchev–Trinajstić information content (AvgIpc) is 2.73. The van der Waals surface area contributed by atoms with Gasteiger partial charge in [-0.25, -0.2) is 4.98 Å². The molecule has 1 amide bonds. The Labute approximate surface area is 173 Å². The van der Waals surface area contributed by atoms with Crippen LogP contribution in [0.5, 0.6) is 0 Å². The van der Waals surface area contributed by atoms with E-state index in [1.165, 1.54) is 0 Å². The molecule has 1 atom stereocenters. The van der Waals surface area contributed by atoms with Gasteiger partial charge in [0.2, 0.25) is 5.91 Å². The molecule has 6 heteroatoms. The molecule has 1 aromatic carbocycles. The van der Waals surface area contributed by atoms with Crippen molar-refractivity contribution in [3.05, 3.63) is 40.4 Å². The second-order valence-corrected chi connectivity index (χ2v) is 7.74. The van der Waals surface area contributed by atoms with Crippen molar-refractivity contribution in [2.24, 2.45) is 5.73 Å². The first-order valence-electron chi connectivity index (χ1n) is 11.1. The monoisotopic (exact) mass is 400 g/mol. The number of aromatic nitrogens is 2. The molecule has 0 unspecified atom stereocenters. The van der Waals surface area contributed by atoms with Gasteiger partial charge in [-0.1, -0.05) is 51.2 Å². The summed E-state index contributed by atoms with van der Waals surface area (Å²) in [4.78, 5) is 34.9. The molecule has 0 aliphatic heterocycles. The minimum absolute atomic E-state index is 0.142. The van der Waals surface area contributed by atoms with Crippen LogP contribution in [0.2, 0.25) is 0 Å². The standard InChI is InChI=1S/C23H36N4O2/c1-3-4-5-8-15-21(28)27(17-12-7-6-11-16-24)18(2)22-25-20-14-10-9-13-19(20)23(29)26-22/h9-10,13-14,18H,3-8,11-12,15-17,24H2,1-2H3,(H,25,26,29)/t18-/m1/s1. The Morgan fingerprint density at radius 2 is 1.83 bits per heavy atom. The van der Waals surface area contributed by atoms with Crippen molar-refractivity contribution >= 4 is 16.8 Å². The van der Waals surface area contributed by atoms with E-state index in [0.29, 0.717) is 36.2 Å². The summed E-state index contributed by atoms with van der Waals surface area (Å²) in [7, 11) is 0. The summed E-state index contributed by atoms with van der Waals surface area (Å²) < 4.78 is 0. The van der Waals surface area contributed by atoms with Crippen LogP contribution in [-0.4, -0.2) is 33.9 Å². The number of unbranched alkanes of at least 4 members (excludes halogenated alkanes) is 6. The third kappa shape index (κ3) is 6.96. The highest BCUT2D eigenvalue weighted by atomic mass is 16.2. The van der Waals surface area contributed by atoms with Gasteiger partial charge in [-0.05, 0) is 44.9 Å². The van der Waals surface area contributed by atoms with Crippen LogP contribution in [-0.2, 0) is 4.79 Å². The summed E-state index contributed by atoms with van der Waals surface area (Å²) in [5, 5.41) is 0.572. The summed E-state index contributed by atoms with van der Waals surface area (Å²) >= 11 is 0. The summed E-state index contributed by atoms with van der Waals surface area (Å²) in [5.41, 5.74) is 6.08. The molecular formula is C23H36N4O2. The first-order valence-corrected chi connectivity index (χ1v) is 11.1. The lowest BCUT2D eigenvalue weighted by Gasteiger charge is -2.29. The molecule has 0 fully saturated rings. The van der Waals surface area contributed by atoms with E-state index in [0.717, 1.165) is 51.4 Å². The fraction of sp³-hybridized carbons (Fsp3) is 0.609. The van der Waals surface area contributed by atoms with Crippen molar-refractivity contribution in [3.63, 3.8) is 0 Å². The zero-order chi connectivity index (χ0) is 21.1. The van der Waals surface area contributed by atoms with Gasteiger partial charge >= 0.3 is 0 Å². The predicted molar refractivity (Wildman–Crippen MR) is 119 cm³/mol. The normalized spacial score (nSPS) is 12.2. The molecule has 0 bridgehead atoms. The van der Waals surface area contributed by atoms with Crippen LogP contribution in [0.3, 0.4) is 0 Å². The molecule has 160 valence electrons. The molecule has 2 aromatic rings. The molecule has 6 nitrogen and oxygen atoms in total. The van der Waals surface area contributed by atoms with Crippen LogP contribution >= 0.6 is 0 Å². The topological polar surface area (TPSA) is 92.1 Å². The van der Waals surface area contributed by atoms with Gasteiger partial charge in [0, 0.05) is 13.0 Å². The number of amides is 1. The van der Waals surface area contributed by atoms with E-state index < -0.39 is 0 Å². The van der Waals surface area contributed by atoms with Crippen molar-refractivity contribution in [1.82, 2.24) is 14.9 Å². The molecule has 0 aliphatic carbocycles. The van der Waals surface area contributed by atoms with Gasteiger partial charge in [-0.2, -0.15) is 0 Å². The van der Waals surface area contributed by atoms with E-state index in [4.69, 9.17) is 5.73 Å². The summed E-state index contributed by atoms with van der Waals surface area (Å²) in [6, 6.07) is 7.04. The Balaban J connectivity index is 2.14. The molecule has 1 aromatic heterocycles. The van der Waals surface area contributed by atoms with Crippen molar-refractivity contribution in [2.45, 2.75) is 77.7 Å². The number of carbonyl (C=O) groups excluding carboxylic acids is 1. The fourth-order valence-electron chi connectivity index (χ4n) is 3.61. The average molecular weight is 401 g/mol. The van der Waals surface area contributed by atoms with E-state index in [2.05, 4.69) is 16.9 Å². The maximum atomic E-state index is 13.0. The van der Waals surface area contributed by atoms with E-state index in [9.17, 15) is 9.59 Å². The maximum absolute atomic E-state index is 13.0. The highest BCUT2D eigenvalue weighted by molar-refractivity contribution is 5.78. The molecule has 2 rings (SSSR count). The van der Waals surface area contributed by atoms with Gasteiger partial charge < -0.3 is 15.6 Å². The number of nitrogens with one attached hydrogen (secondary N) is 1. The number of hydrogen-bond donors (Lipinski definition) is 2. The van der Waals surface area contributed by atoms with Crippen molar-refractivity contribution in [1.29, 1.82) is 0 Å². The number of para-hydroxylation sites is 1. The zero-order valence-corrected chi connectivity index (χ0v) is 18.0. The van der Waals surface area contributed by atoms with Gasteiger partial charge in [0.05, 0.1) is 16.9 Å². The lowest BCUT2D eigenvalue weighted by atomic mass is 10.1. The van der Waals surface area contributed by atoms with Crippen molar-refractivity contribution in [3.8, 4) is 0 Å². The lowest BCUT2D eigenvalue weighted by Crippen LogP contribution is -2.36. The first kappa shape index (κ1) is 23.1. The molecule has 1 heterocycles. The van der Waals surface area contributed by atoms with E-state index in [1.807, 2.05) is 30.0 Å². The number of carbonyl (C=O) groups is 1. The van der Waals surface area contributed by atoms with Crippen LogP contribution in [0.1, 0.15) is 83.5 Å². The molecule has 29 heavy (non-hydrogen) atoms. The Morgan fingerprint density at radius 3 is 2.59 bits per heavy atom. The number of fused-ring (bicyclic) bond motifs is 1. The maximum Gasteiger partial charge on any atom is 0.258 e. The van der Waals surface area contributed by atoms with Crippen molar-refractivity contribution < 1.29 is 4.79 Å². The van der Waals surface area contributed by atoms with Crippen LogP contribution in [0.25, 0.3) is 10.9 Å². The van der Waals surface area contributed by atoms with Crippen LogP contribution in [0, 0.1) is 0 Å². The molecule has 3 N–H and O–H groups in total. The molecule has 0 spiro atoms. The molecule has 0 saturated heterocycles. The molecular weight excluding hydrogens is 364 g/mol. The van der Waals surface area contributed by atoms with Gasteiger partial charge in [0.15, 0.2) is 0 Å². The number of aromatic amines is 1. The zero-order valence-electron chi connectivity index (χ0n) is 18.0. The van der Waals surface area contributed by atoms with Crippen molar-refractivity contribution in [2.75, 3.05) is 13.1 Å². The van der Waals surface area contributed by atoms with E-state index in [1.54, 1.807) is 6.07 Å². The van der Waals surface area contributed by atoms with Gasteiger partial charge in [0.1, 0.15) is 5.82 Å². The van der Waals surface area contributed by atoms with Gasteiger partial charge in [-0.15, -0.1) is 0 Å². The summed E-state index contributed by atoms with van der Waals surface area (Å²) in [6.45, 7) is 5.50. The number of H-pyrrole nitrogens is 1. The third-order valence-electron chi connectivity index (χ3n) is 5.41. The Bertz CT molecular complexity index is 818. The largest absolute Gasteiger partial charge is 0.333 e. The van der Waals surface area contributed by atoms with Gasteiger partial charge in [0.25, 0.3) is 5.56 Å². The molecule has 0 aliphatic rings. The predicted octanol–water partition coefficient (Wildman–Crippen LogP) is 4.30. The highest BCUT2D eigenvalue weighted by Crippen LogP contribution is 2.21. The summed E-state index contributed by atoms with van der Waals surface area (Å²) in [6.07, 6.45) is 8.91. The van der Waals surface area contributed by atoms with E-state index >= 15 is 0 Å². The Hall–Kier alpha value is -2.21. The number of nitrogens with zero attached hydrogens (tertiary/aromatic N) is 2. The first-order chi connectivity index (χ1) is 14.1. The van der Waals surface area contributed by atoms with E-state index in [-0.39, 0.29) is 17.5 Å². The third-order valence-corrected chi connectivity index (χ3v) is 5.41. The number of rotatable bonds is 13. The Morgan fingerprint density at radius 1 is 1.10 bits per heavy atom. The minimum atomic E-state index is -0.263. The summed E-state index contributed by atoms with van der Waals surface area (Å²) in [5.74, 6) is 0.695. The SMILES string of the molecule is CCCCCCC(=O)N(CCCCCCN)[C@H](C)c1nc2ccccc2c(=O)[nH]1. The second-order valence-electron chi connectivity index (χ2n) is 7.74. The van der Waals surface area contributed by atoms with Crippen LogP contribution < -0.4 is 11.3 Å². The van der Waals surface area contributed by atoms with Crippen LogP contribution in [0.4, 0.5) is 0 Å². The Kier molecular flexibility index (Phi) is 9.84. The second kappa shape index (κ2) is 12.4. The number of benzene rings is 1.